The predicted molar refractivity (Wildman–Crippen MR) is 59.3 cm³/mol. The third-order valence-corrected chi connectivity index (χ3v) is 3.33. The average molecular weight is 200 g/mol. The van der Waals surface area contributed by atoms with E-state index in [2.05, 4.69) is 11.8 Å². The van der Waals surface area contributed by atoms with Crippen LogP contribution in [0.5, 0.6) is 0 Å². The average Bonchev–Trinajstić information content (AvgIpc) is 2.67. The highest BCUT2D eigenvalue weighted by molar-refractivity contribution is 4.76. The van der Waals surface area contributed by atoms with Crippen molar-refractivity contribution in [1.29, 1.82) is 0 Å². The van der Waals surface area contributed by atoms with Crippen LogP contribution in [0.3, 0.4) is 0 Å². The van der Waals surface area contributed by atoms with E-state index in [1.807, 2.05) is 7.11 Å². The lowest BCUT2D eigenvalue weighted by atomic mass is 10.0. The number of nitrogens with zero attached hydrogens (tertiary/aromatic N) is 1. The number of hydrogen-bond donors (Lipinski definition) is 1. The summed E-state index contributed by atoms with van der Waals surface area (Å²) in [6, 6.07) is 0. The first-order chi connectivity index (χ1) is 6.80. The van der Waals surface area contributed by atoms with Gasteiger partial charge in [0.25, 0.3) is 0 Å². The molecule has 1 aliphatic rings. The molecule has 2 unspecified atom stereocenters. The lowest BCUT2D eigenvalue weighted by molar-refractivity contribution is 0.107. The van der Waals surface area contributed by atoms with Crippen LogP contribution in [0.4, 0.5) is 0 Å². The van der Waals surface area contributed by atoms with Crippen LogP contribution in [0, 0.1) is 5.92 Å². The minimum absolute atomic E-state index is 0.466. The van der Waals surface area contributed by atoms with Gasteiger partial charge in [0.1, 0.15) is 0 Å². The summed E-state index contributed by atoms with van der Waals surface area (Å²) in [6.07, 6.45) is 4.10. The van der Waals surface area contributed by atoms with Crippen LogP contribution < -0.4 is 5.73 Å². The highest BCUT2D eigenvalue weighted by Crippen LogP contribution is 2.14. The van der Waals surface area contributed by atoms with E-state index in [1.165, 1.54) is 32.4 Å². The molecule has 14 heavy (non-hydrogen) atoms. The van der Waals surface area contributed by atoms with Gasteiger partial charge in [-0.05, 0) is 31.8 Å². The Morgan fingerprint density at radius 2 is 2.36 bits per heavy atom. The van der Waals surface area contributed by atoms with Crippen molar-refractivity contribution in [2.75, 3.05) is 33.3 Å². The van der Waals surface area contributed by atoms with Crippen LogP contribution in [0.25, 0.3) is 0 Å². The Morgan fingerprint density at radius 3 is 2.86 bits per heavy atom. The standard InChI is InChI=1S/C11H24N2O/c1-3-10(8-12)4-6-13-7-5-11(9-13)14-2/h10-11H,3-9,12H2,1-2H3. The van der Waals surface area contributed by atoms with Crippen molar-refractivity contribution in [3.8, 4) is 0 Å². The van der Waals surface area contributed by atoms with Gasteiger partial charge < -0.3 is 15.4 Å². The highest BCUT2D eigenvalue weighted by Gasteiger charge is 2.21. The lowest BCUT2D eigenvalue weighted by Gasteiger charge is -2.19. The summed E-state index contributed by atoms with van der Waals surface area (Å²) < 4.78 is 5.33. The molecule has 0 bridgehead atoms. The van der Waals surface area contributed by atoms with Crippen molar-refractivity contribution in [2.45, 2.75) is 32.3 Å². The Bertz CT molecular complexity index is 148. The van der Waals surface area contributed by atoms with Crippen molar-refractivity contribution >= 4 is 0 Å². The Labute approximate surface area is 87.6 Å². The summed E-state index contributed by atoms with van der Waals surface area (Å²) in [6.45, 7) is 6.55. The second-order valence-electron chi connectivity index (χ2n) is 4.25. The third-order valence-electron chi connectivity index (χ3n) is 3.33. The van der Waals surface area contributed by atoms with E-state index in [0.717, 1.165) is 13.1 Å². The van der Waals surface area contributed by atoms with Crippen LogP contribution in [-0.4, -0.2) is 44.3 Å². The number of ether oxygens (including phenoxy) is 1. The molecule has 3 nitrogen and oxygen atoms in total. The maximum Gasteiger partial charge on any atom is 0.0710 e. The van der Waals surface area contributed by atoms with Crippen molar-refractivity contribution in [2.24, 2.45) is 11.7 Å². The van der Waals surface area contributed by atoms with E-state index < -0.39 is 0 Å². The van der Waals surface area contributed by atoms with Crippen LogP contribution in [0.15, 0.2) is 0 Å². The zero-order valence-corrected chi connectivity index (χ0v) is 9.54. The molecule has 1 heterocycles. The molecule has 1 rings (SSSR count). The van der Waals surface area contributed by atoms with Crippen LogP contribution in [0.1, 0.15) is 26.2 Å². The van der Waals surface area contributed by atoms with Gasteiger partial charge in [0.05, 0.1) is 6.10 Å². The molecule has 3 heteroatoms. The molecule has 0 radical (unpaired) electrons. The number of likely N-dealkylation sites (tertiary alicyclic amines) is 1. The van der Waals surface area contributed by atoms with Gasteiger partial charge in [0.2, 0.25) is 0 Å². The van der Waals surface area contributed by atoms with Gasteiger partial charge in [-0.3, -0.25) is 0 Å². The first kappa shape index (κ1) is 12.0. The fourth-order valence-corrected chi connectivity index (χ4v) is 2.05. The van der Waals surface area contributed by atoms with Crippen molar-refractivity contribution in [3.63, 3.8) is 0 Å². The third kappa shape index (κ3) is 3.56. The molecule has 2 atom stereocenters. The summed E-state index contributed by atoms with van der Waals surface area (Å²) >= 11 is 0. The molecular formula is C11H24N2O. The number of hydrogen-bond acceptors (Lipinski definition) is 3. The van der Waals surface area contributed by atoms with Gasteiger partial charge in [-0.25, -0.2) is 0 Å². The van der Waals surface area contributed by atoms with Crippen molar-refractivity contribution in [1.82, 2.24) is 4.90 Å². The molecule has 1 aliphatic heterocycles. The maximum atomic E-state index is 5.68. The summed E-state index contributed by atoms with van der Waals surface area (Å²) in [7, 11) is 1.81. The number of methoxy groups -OCH3 is 1. The molecular weight excluding hydrogens is 176 g/mol. The normalized spacial score (nSPS) is 25.5. The number of rotatable bonds is 6. The minimum Gasteiger partial charge on any atom is -0.380 e. The lowest BCUT2D eigenvalue weighted by Crippen LogP contribution is -2.27. The zero-order valence-electron chi connectivity index (χ0n) is 9.54. The maximum absolute atomic E-state index is 5.68. The zero-order chi connectivity index (χ0) is 10.4. The fraction of sp³-hybridized carbons (Fsp3) is 1.00. The fourth-order valence-electron chi connectivity index (χ4n) is 2.05. The summed E-state index contributed by atoms with van der Waals surface area (Å²) in [4.78, 5) is 2.49. The smallest absolute Gasteiger partial charge is 0.0710 e. The van der Waals surface area contributed by atoms with Gasteiger partial charge in [-0.15, -0.1) is 0 Å². The van der Waals surface area contributed by atoms with E-state index in [-0.39, 0.29) is 0 Å². The molecule has 1 saturated heterocycles. The Morgan fingerprint density at radius 1 is 1.57 bits per heavy atom. The molecule has 0 aromatic rings. The summed E-state index contributed by atoms with van der Waals surface area (Å²) in [5.74, 6) is 0.705. The molecule has 84 valence electrons. The summed E-state index contributed by atoms with van der Waals surface area (Å²) in [5, 5.41) is 0. The molecule has 0 spiro atoms. The largest absolute Gasteiger partial charge is 0.380 e. The van der Waals surface area contributed by atoms with Crippen molar-refractivity contribution < 1.29 is 4.74 Å². The molecule has 2 N–H and O–H groups in total. The van der Waals surface area contributed by atoms with Gasteiger partial charge in [0, 0.05) is 20.2 Å². The number of nitrogens with two attached hydrogens (primary N) is 1. The topological polar surface area (TPSA) is 38.5 Å². The molecule has 0 aliphatic carbocycles. The van der Waals surface area contributed by atoms with Gasteiger partial charge in [-0.2, -0.15) is 0 Å². The molecule has 0 amide bonds. The SMILES string of the molecule is CCC(CN)CCN1CCC(OC)C1. The van der Waals surface area contributed by atoms with E-state index in [0.29, 0.717) is 12.0 Å². The molecule has 0 aromatic heterocycles. The van der Waals surface area contributed by atoms with E-state index in [1.54, 1.807) is 0 Å². The van der Waals surface area contributed by atoms with Gasteiger partial charge in [0.15, 0.2) is 0 Å². The van der Waals surface area contributed by atoms with Crippen molar-refractivity contribution in [3.05, 3.63) is 0 Å². The van der Waals surface area contributed by atoms with Gasteiger partial charge in [-0.1, -0.05) is 13.3 Å². The second kappa shape index (κ2) is 6.38. The molecule has 0 aromatic carbocycles. The quantitative estimate of drug-likeness (QED) is 0.697. The van der Waals surface area contributed by atoms with Crippen LogP contribution in [0.2, 0.25) is 0 Å². The Hall–Kier alpha value is -0.120. The van der Waals surface area contributed by atoms with E-state index in [4.69, 9.17) is 10.5 Å². The Balaban J connectivity index is 2.13. The first-order valence-corrected chi connectivity index (χ1v) is 5.75. The van der Waals surface area contributed by atoms with Gasteiger partial charge >= 0.3 is 0 Å². The molecule has 0 saturated carbocycles. The van der Waals surface area contributed by atoms with Crippen LogP contribution in [-0.2, 0) is 4.74 Å². The first-order valence-electron chi connectivity index (χ1n) is 5.75. The monoisotopic (exact) mass is 200 g/mol. The highest BCUT2D eigenvalue weighted by atomic mass is 16.5. The molecule has 1 fully saturated rings. The minimum atomic E-state index is 0.466. The predicted octanol–water partition coefficient (Wildman–Crippen LogP) is 1.08. The Kier molecular flexibility index (Phi) is 5.45. The van der Waals surface area contributed by atoms with E-state index in [9.17, 15) is 0 Å². The van der Waals surface area contributed by atoms with Crippen LogP contribution >= 0.6 is 0 Å². The summed E-state index contributed by atoms with van der Waals surface area (Å²) in [5.41, 5.74) is 5.68. The second-order valence-corrected chi connectivity index (χ2v) is 4.25. The van der Waals surface area contributed by atoms with E-state index >= 15 is 0 Å².